The van der Waals surface area contributed by atoms with Crippen LogP contribution in [0.1, 0.15) is 54.0 Å². The summed E-state index contributed by atoms with van der Waals surface area (Å²) < 4.78 is 79.4. The number of fused-ring (bicyclic) bond motifs is 1. The minimum Gasteiger partial charge on any atom is -0.356 e. The van der Waals surface area contributed by atoms with E-state index in [0.717, 1.165) is 59.5 Å². The van der Waals surface area contributed by atoms with Gasteiger partial charge in [0.15, 0.2) is 0 Å². The van der Waals surface area contributed by atoms with Crippen molar-refractivity contribution in [1.82, 2.24) is 10.3 Å². The van der Waals surface area contributed by atoms with Gasteiger partial charge < -0.3 is 10.2 Å². The van der Waals surface area contributed by atoms with Gasteiger partial charge in [0.25, 0.3) is 0 Å². The Hall–Kier alpha value is -2.81. The fourth-order valence-electron chi connectivity index (χ4n) is 4.41. The number of halogens is 6. The summed E-state index contributed by atoms with van der Waals surface area (Å²) in [6.07, 6.45) is -6.45. The van der Waals surface area contributed by atoms with Crippen molar-refractivity contribution in [3.8, 4) is 0 Å². The van der Waals surface area contributed by atoms with Gasteiger partial charge in [0.1, 0.15) is 5.82 Å². The summed E-state index contributed by atoms with van der Waals surface area (Å²) in [6.45, 7) is 5.90. The predicted octanol–water partition coefficient (Wildman–Crippen LogP) is 7.50. The lowest BCUT2D eigenvalue weighted by atomic mass is 10.0. The SMILES string of the molecule is CCCN(CC1CC1)c1nc2c(C)cccc2cc1CNCc1cc(C(F)(F)F)cc(C(F)(F)F)c1. The van der Waals surface area contributed by atoms with Gasteiger partial charge in [-0.05, 0) is 67.5 Å². The van der Waals surface area contributed by atoms with E-state index >= 15 is 0 Å². The number of pyridine rings is 1. The molecule has 1 heterocycles. The predicted molar refractivity (Wildman–Crippen MR) is 129 cm³/mol. The van der Waals surface area contributed by atoms with Gasteiger partial charge in [-0.15, -0.1) is 0 Å². The molecule has 3 nitrogen and oxygen atoms in total. The van der Waals surface area contributed by atoms with E-state index in [-0.39, 0.29) is 24.7 Å². The Kier molecular flexibility index (Phi) is 7.50. The molecular weight excluding hydrogens is 480 g/mol. The maximum Gasteiger partial charge on any atom is 0.416 e. The molecule has 0 bridgehead atoms. The highest BCUT2D eigenvalue weighted by Gasteiger charge is 2.36. The van der Waals surface area contributed by atoms with Crippen LogP contribution in [0, 0.1) is 12.8 Å². The van der Waals surface area contributed by atoms with E-state index in [2.05, 4.69) is 17.1 Å². The third-order valence-electron chi connectivity index (χ3n) is 6.36. The van der Waals surface area contributed by atoms with Gasteiger partial charge in [-0.25, -0.2) is 4.98 Å². The van der Waals surface area contributed by atoms with E-state index in [0.29, 0.717) is 5.92 Å². The van der Waals surface area contributed by atoms with Crippen molar-refractivity contribution in [1.29, 1.82) is 0 Å². The molecule has 1 saturated carbocycles. The van der Waals surface area contributed by atoms with Crippen LogP contribution in [0.25, 0.3) is 10.9 Å². The Labute approximate surface area is 206 Å². The standard InChI is InChI=1S/C27H29F6N3/c1-3-9-36(16-18-7-8-18)25-21(12-20-6-4-5-17(2)24(20)35-25)15-34-14-19-10-22(26(28,29)30)13-23(11-19)27(31,32)33/h4-6,10-13,18,34H,3,7-9,14-16H2,1-2H3. The van der Waals surface area contributed by atoms with Crippen molar-refractivity contribution >= 4 is 16.7 Å². The van der Waals surface area contributed by atoms with Crippen molar-refractivity contribution in [2.24, 2.45) is 5.92 Å². The van der Waals surface area contributed by atoms with Crippen LogP contribution >= 0.6 is 0 Å². The van der Waals surface area contributed by atoms with Gasteiger partial charge in [0.2, 0.25) is 0 Å². The number of aryl methyl sites for hydroxylation is 1. The van der Waals surface area contributed by atoms with Crippen LogP contribution in [-0.2, 0) is 25.4 Å². The first-order valence-electron chi connectivity index (χ1n) is 12.1. The third-order valence-corrected chi connectivity index (χ3v) is 6.36. The molecule has 0 unspecified atom stereocenters. The summed E-state index contributed by atoms with van der Waals surface area (Å²) in [4.78, 5) is 7.24. The second-order valence-electron chi connectivity index (χ2n) is 9.52. The lowest BCUT2D eigenvalue weighted by molar-refractivity contribution is -0.143. The van der Waals surface area contributed by atoms with Crippen molar-refractivity contribution in [3.63, 3.8) is 0 Å². The topological polar surface area (TPSA) is 28.2 Å². The van der Waals surface area contributed by atoms with E-state index in [4.69, 9.17) is 4.98 Å². The van der Waals surface area contributed by atoms with Gasteiger partial charge in [0, 0.05) is 37.1 Å². The molecule has 0 atom stereocenters. The highest BCUT2D eigenvalue weighted by molar-refractivity contribution is 5.84. The number of alkyl halides is 6. The summed E-state index contributed by atoms with van der Waals surface area (Å²) in [6, 6.07) is 9.58. The fourth-order valence-corrected chi connectivity index (χ4v) is 4.41. The van der Waals surface area contributed by atoms with E-state index in [9.17, 15) is 26.3 Å². The zero-order valence-corrected chi connectivity index (χ0v) is 20.2. The number of nitrogens with zero attached hydrogens (tertiary/aromatic N) is 2. The first-order chi connectivity index (χ1) is 17.0. The summed E-state index contributed by atoms with van der Waals surface area (Å²) in [7, 11) is 0. The van der Waals surface area contributed by atoms with Crippen molar-refractivity contribution < 1.29 is 26.3 Å². The normalized spacial score (nSPS) is 14.4. The fraction of sp³-hybridized carbons (Fsp3) is 0.444. The summed E-state index contributed by atoms with van der Waals surface area (Å²) in [5, 5.41) is 4.00. The number of hydrogen-bond donors (Lipinski definition) is 1. The van der Waals surface area contributed by atoms with E-state index in [1.54, 1.807) is 0 Å². The van der Waals surface area contributed by atoms with Gasteiger partial charge >= 0.3 is 12.4 Å². The molecule has 0 amide bonds. The zero-order chi connectivity index (χ0) is 26.1. The zero-order valence-electron chi connectivity index (χ0n) is 20.2. The average molecular weight is 510 g/mol. The second-order valence-corrected chi connectivity index (χ2v) is 9.52. The molecule has 1 aromatic heterocycles. The molecule has 1 N–H and O–H groups in total. The maximum atomic E-state index is 13.2. The van der Waals surface area contributed by atoms with Gasteiger partial charge in [0.05, 0.1) is 16.6 Å². The maximum absolute atomic E-state index is 13.2. The molecule has 1 aliphatic carbocycles. The average Bonchev–Trinajstić information content (AvgIpc) is 3.61. The minimum absolute atomic E-state index is 0.0771. The van der Waals surface area contributed by atoms with Crippen LogP contribution in [0.4, 0.5) is 32.2 Å². The molecule has 0 saturated heterocycles. The van der Waals surface area contributed by atoms with Crippen LogP contribution in [-0.4, -0.2) is 18.1 Å². The number of nitrogens with one attached hydrogen (secondary N) is 1. The third kappa shape index (κ3) is 6.30. The van der Waals surface area contributed by atoms with Crippen LogP contribution < -0.4 is 10.2 Å². The molecule has 0 radical (unpaired) electrons. The monoisotopic (exact) mass is 509 g/mol. The highest BCUT2D eigenvalue weighted by atomic mass is 19.4. The molecule has 9 heteroatoms. The van der Waals surface area contributed by atoms with Crippen molar-refractivity contribution in [2.45, 2.75) is 58.6 Å². The van der Waals surface area contributed by atoms with E-state index in [1.807, 2.05) is 31.2 Å². The molecule has 0 spiro atoms. The number of anilines is 1. The Morgan fingerprint density at radius 2 is 1.61 bits per heavy atom. The Morgan fingerprint density at radius 1 is 0.944 bits per heavy atom. The smallest absolute Gasteiger partial charge is 0.356 e. The quantitative estimate of drug-likeness (QED) is 0.303. The van der Waals surface area contributed by atoms with Crippen LogP contribution in [0.2, 0.25) is 0 Å². The molecule has 1 fully saturated rings. The Morgan fingerprint density at radius 3 is 2.19 bits per heavy atom. The van der Waals surface area contributed by atoms with Crippen LogP contribution in [0.3, 0.4) is 0 Å². The van der Waals surface area contributed by atoms with Crippen molar-refractivity contribution in [2.75, 3.05) is 18.0 Å². The highest BCUT2D eigenvalue weighted by Crippen LogP contribution is 2.37. The minimum atomic E-state index is -4.87. The molecule has 0 aliphatic heterocycles. The lowest BCUT2D eigenvalue weighted by Crippen LogP contribution is -2.29. The van der Waals surface area contributed by atoms with Gasteiger partial charge in [-0.2, -0.15) is 26.3 Å². The molecule has 1 aliphatic rings. The molecule has 36 heavy (non-hydrogen) atoms. The van der Waals surface area contributed by atoms with E-state index in [1.165, 1.54) is 12.8 Å². The van der Waals surface area contributed by atoms with Gasteiger partial charge in [-0.3, -0.25) is 0 Å². The summed E-state index contributed by atoms with van der Waals surface area (Å²) >= 11 is 0. The lowest BCUT2D eigenvalue weighted by Gasteiger charge is -2.26. The van der Waals surface area contributed by atoms with E-state index < -0.39 is 23.5 Å². The molecule has 2 aromatic carbocycles. The summed E-state index contributed by atoms with van der Waals surface area (Å²) in [5.74, 6) is 1.44. The molecular formula is C27H29F6N3. The first-order valence-corrected chi connectivity index (χ1v) is 12.1. The molecule has 3 aromatic rings. The Bertz CT molecular complexity index is 1180. The first kappa shape index (κ1) is 26.3. The molecule has 194 valence electrons. The van der Waals surface area contributed by atoms with Gasteiger partial charge in [-0.1, -0.05) is 25.1 Å². The largest absolute Gasteiger partial charge is 0.416 e. The summed E-state index contributed by atoms with van der Waals surface area (Å²) in [5.41, 5.74) is 0.102. The van der Waals surface area contributed by atoms with Crippen LogP contribution in [0.15, 0.2) is 42.5 Å². The number of hydrogen-bond acceptors (Lipinski definition) is 3. The molecule has 4 rings (SSSR count). The number of aromatic nitrogens is 1. The number of benzene rings is 2. The van der Waals surface area contributed by atoms with Crippen LogP contribution in [0.5, 0.6) is 0 Å². The Balaban J connectivity index is 1.63. The number of para-hydroxylation sites is 1. The van der Waals surface area contributed by atoms with Crippen molar-refractivity contribution in [3.05, 3.63) is 70.3 Å². The second kappa shape index (κ2) is 10.3. The number of rotatable bonds is 9.